The van der Waals surface area contributed by atoms with Gasteiger partial charge in [-0.25, -0.2) is 0 Å². The normalized spacial score (nSPS) is 21.5. The predicted octanol–water partition coefficient (Wildman–Crippen LogP) is 2.31. The van der Waals surface area contributed by atoms with Crippen molar-refractivity contribution in [2.24, 2.45) is 11.3 Å². The Hall–Kier alpha value is -0.570. The second kappa shape index (κ2) is 5.67. The predicted molar refractivity (Wildman–Crippen MR) is 65.3 cm³/mol. The van der Waals surface area contributed by atoms with Gasteiger partial charge in [0.1, 0.15) is 6.61 Å². The van der Waals surface area contributed by atoms with Gasteiger partial charge in [-0.1, -0.05) is 27.7 Å². The number of ether oxygens (including phenoxy) is 1. The SMILES string of the molecule is CCCOCC(=O)N1CCC(C(C)(C)C)C1. The molecule has 0 spiro atoms. The number of hydrogen-bond donors (Lipinski definition) is 0. The van der Waals surface area contributed by atoms with Gasteiger partial charge >= 0.3 is 0 Å². The van der Waals surface area contributed by atoms with Crippen LogP contribution in [0.5, 0.6) is 0 Å². The Morgan fingerprint density at radius 2 is 2.12 bits per heavy atom. The number of carbonyl (C=O) groups excluding carboxylic acids is 1. The summed E-state index contributed by atoms with van der Waals surface area (Å²) in [6, 6.07) is 0. The number of likely N-dealkylation sites (tertiary alicyclic amines) is 1. The number of amides is 1. The summed E-state index contributed by atoms with van der Waals surface area (Å²) in [5, 5.41) is 0. The molecule has 1 aliphatic rings. The van der Waals surface area contributed by atoms with Crippen molar-refractivity contribution in [1.82, 2.24) is 4.90 Å². The molecule has 1 aliphatic heterocycles. The number of carbonyl (C=O) groups is 1. The van der Waals surface area contributed by atoms with Crippen LogP contribution in [0, 0.1) is 11.3 Å². The van der Waals surface area contributed by atoms with Gasteiger partial charge in [0.15, 0.2) is 0 Å². The molecule has 0 aliphatic carbocycles. The molecular weight excluding hydrogens is 202 g/mol. The fourth-order valence-electron chi connectivity index (χ4n) is 2.09. The molecule has 0 aromatic carbocycles. The summed E-state index contributed by atoms with van der Waals surface area (Å²) in [4.78, 5) is 13.7. The van der Waals surface area contributed by atoms with Crippen molar-refractivity contribution in [3.8, 4) is 0 Å². The van der Waals surface area contributed by atoms with Crippen molar-refractivity contribution in [2.45, 2.75) is 40.5 Å². The molecule has 94 valence electrons. The minimum atomic E-state index is 0.153. The Morgan fingerprint density at radius 3 is 2.62 bits per heavy atom. The monoisotopic (exact) mass is 227 g/mol. The molecule has 3 heteroatoms. The van der Waals surface area contributed by atoms with Crippen molar-refractivity contribution in [3.05, 3.63) is 0 Å². The fourth-order valence-corrected chi connectivity index (χ4v) is 2.09. The summed E-state index contributed by atoms with van der Waals surface area (Å²) in [6.45, 7) is 11.5. The van der Waals surface area contributed by atoms with Gasteiger partial charge in [0.2, 0.25) is 5.91 Å². The van der Waals surface area contributed by atoms with Gasteiger partial charge in [0, 0.05) is 19.7 Å². The van der Waals surface area contributed by atoms with Gasteiger partial charge in [-0.3, -0.25) is 4.79 Å². The maximum absolute atomic E-state index is 11.8. The van der Waals surface area contributed by atoms with E-state index in [1.807, 2.05) is 4.90 Å². The maximum Gasteiger partial charge on any atom is 0.248 e. The quantitative estimate of drug-likeness (QED) is 0.690. The average molecular weight is 227 g/mol. The average Bonchev–Trinajstić information content (AvgIpc) is 2.66. The molecule has 0 saturated carbocycles. The zero-order valence-electron chi connectivity index (χ0n) is 11.1. The Kier molecular flexibility index (Phi) is 4.78. The summed E-state index contributed by atoms with van der Waals surface area (Å²) < 4.78 is 5.29. The van der Waals surface area contributed by atoms with Gasteiger partial charge < -0.3 is 9.64 Å². The Bertz CT molecular complexity index is 233. The highest BCUT2D eigenvalue weighted by Crippen LogP contribution is 2.33. The van der Waals surface area contributed by atoms with Crippen LogP contribution in [0.4, 0.5) is 0 Å². The van der Waals surface area contributed by atoms with E-state index in [1.54, 1.807) is 0 Å². The van der Waals surface area contributed by atoms with Gasteiger partial charge in [-0.15, -0.1) is 0 Å². The third-order valence-electron chi connectivity index (χ3n) is 3.34. The van der Waals surface area contributed by atoms with E-state index in [2.05, 4.69) is 27.7 Å². The van der Waals surface area contributed by atoms with Crippen LogP contribution in [-0.4, -0.2) is 37.1 Å². The van der Waals surface area contributed by atoms with Crippen molar-refractivity contribution < 1.29 is 9.53 Å². The lowest BCUT2D eigenvalue weighted by molar-refractivity contribution is -0.135. The second-order valence-corrected chi connectivity index (χ2v) is 5.74. The smallest absolute Gasteiger partial charge is 0.248 e. The summed E-state index contributed by atoms with van der Waals surface area (Å²) in [5.74, 6) is 0.780. The molecule has 0 N–H and O–H groups in total. The van der Waals surface area contributed by atoms with Gasteiger partial charge in [0.25, 0.3) is 0 Å². The number of hydrogen-bond acceptors (Lipinski definition) is 2. The summed E-state index contributed by atoms with van der Waals surface area (Å²) >= 11 is 0. The fraction of sp³-hybridized carbons (Fsp3) is 0.923. The largest absolute Gasteiger partial charge is 0.372 e. The van der Waals surface area contributed by atoms with Gasteiger partial charge in [-0.2, -0.15) is 0 Å². The number of nitrogens with zero attached hydrogens (tertiary/aromatic N) is 1. The van der Waals surface area contributed by atoms with Crippen LogP contribution in [0.1, 0.15) is 40.5 Å². The second-order valence-electron chi connectivity index (χ2n) is 5.74. The van der Waals surface area contributed by atoms with Gasteiger partial charge in [-0.05, 0) is 24.2 Å². The molecule has 3 nitrogen and oxygen atoms in total. The van der Waals surface area contributed by atoms with Crippen LogP contribution in [0.3, 0.4) is 0 Å². The first-order valence-electron chi connectivity index (χ1n) is 6.30. The molecule has 16 heavy (non-hydrogen) atoms. The summed E-state index contributed by atoms with van der Waals surface area (Å²) in [5.41, 5.74) is 0.305. The van der Waals surface area contributed by atoms with Crippen LogP contribution in [0.15, 0.2) is 0 Å². The van der Waals surface area contributed by atoms with E-state index >= 15 is 0 Å². The van der Waals surface area contributed by atoms with E-state index in [0.29, 0.717) is 17.9 Å². The molecule has 1 amide bonds. The minimum Gasteiger partial charge on any atom is -0.372 e. The Morgan fingerprint density at radius 1 is 1.44 bits per heavy atom. The maximum atomic E-state index is 11.8. The molecule has 1 unspecified atom stereocenters. The third kappa shape index (κ3) is 3.78. The third-order valence-corrected chi connectivity index (χ3v) is 3.34. The molecule has 1 rings (SSSR count). The summed E-state index contributed by atoms with van der Waals surface area (Å²) in [7, 11) is 0. The highest BCUT2D eigenvalue weighted by Gasteiger charge is 2.33. The first kappa shape index (κ1) is 13.5. The van der Waals surface area contributed by atoms with E-state index in [0.717, 1.165) is 25.9 Å². The molecule has 1 fully saturated rings. The van der Waals surface area contributed by atoms with E-state index < -0.39 is 0 Å². The Labute approximate surface area is 99.1 Å². The zero-order chi connectivity index (χ0) is 12.2. The first-order valence-corrected chi connectivity index (χ1v) is 6.30. The van der Waals surface area contributed by atoms with Crippen molar-refractivity contribution in [2.75, 3.05) is 26.3 Å². The minimum absolute atomic E-state index is 0.153. The van der Waals surface area contributed by atoms with E-state index in [4.69, 9.17) is 4.74 Å². The van der Waals surface area contributed by atoms with Crippen LogP contribution in [0.2, 0.25) is 0 Å². The lowest BCUT2D eigenvalue weighted by atomic mass is 9.80. The molecule has 1 atom stereocenters. The van der Waals surface area contributed by atoms with E-state index in [-0.39, 0.29) is 12.5 Å². The lowest BCUT2D eigenvalue weighted by Gasteiger charge is -2.26. The van der Waals surface area contributed by atoms with Gasteiger partial charge in [0.05, 0.1) is 0 Å². The molecule has 0 bridgehead atoms. The zero-order valence-corrected chi connectivity index (χ0v) is 11.1. The van der Waals surface area contributed by atoms with Crippen molar-refractivity contribution in [1.29, 1.82) is 0 Å². The van der Waals surface area contributed by atoms with E-state index in [9.17, 15) is 4.79 Å². The highest BCUT2D eigenvalue weighted by atomic mass is 16.5. The molecule has 0 aromatic rings. The van der Waals surface area contributed by atoms with Crippen LogP contribution in [0.25, 0.3) is 0 Å². The van der Waals surface area contributed by atoms with Crippen LogP contribution in [-0.2, 0) is 9.53 Å². The summed E-state index contributed by atoms with van der Waals surface area (Å²) in [6.07, 6.45) is 2.10. The molecule has 0 aromatic heterocycles. The Balaban J connectivity index is 2.32. The molecule has 0 radical (unpaired) electrons. The van der Waals surface area contributed by atoms with E-state index in [1.165, 1.54) is 0 Å². The van der Waals surface area contributed by atoms with Crippen molar-refractivity contribution in [3.63, 3.8) is 0 Å². The molecular formula is C13H25NO2. The van der Waals surface area contributed by atoms with Crippen LogP contribution < -0.4 is 0 Å². The first-order chi connectivity index (χ1) is 7.45. The highest BCUT2D eigenvalue weighted by molar-refractivity contribution is 5.77. The van der Waals surface area contributed by atoms with Crippen LogP contribution >= 0.6 is 0 Å². The topological polar surface area (TPSA) is 29.5 Å². The molecule has 1 saturated heterocycles. The van der Waals surface area contributed by atoms with Crippen molar-refractivity contribution >= 4 is 5.91 Å². The standard InChI is InChI=1S/C13H25NO2/c1-5-8-16-10-12(15)14-7-6-11(9-14)13(2,3)4/h11H,5-10H2,1-4H3. The lowest BCUT2D eigenvalue weighted by Crippen LogP contribution is -2.33. The molecule has 1 heterocycles. The number of rotatable bonds is 4.